The Kier molecular flexibility index (Phi) is 4.06. The summed E-state index contributed by atoms with van der Waals surface area (Å²) in [6.45, 7) is -0.279. The van der Waals surface area contributed by atoms with Crippen LogP contribution in [0.1, 0.15) is 6.42 Å². The Labute approximate surface area is 114 Å². The molecule has 1 aromatic carbocycles. The Balaban J connectivity index is 1.99. The van der Waals surface area contributed by atoms with Gasteiger partial charge < -0.3 is 11.1 Å². The molecule has 3 amide bonds. The van der Waals surface area contributed by atoms with Crippen molar-refractivity contribution < 1.29 is 14.4 Å². The zero-order valence-electron chi connectivity index (χ0n) is 10.1. The highest BCUT2D eigenvalue weighted by Gasteiger charge is 2.28. The maximum atomic E-state index is 11.8. The molecule has 3 N–H and O–H groups in total. The van der Waals surface area contributed by atoms with Gasteiger partial charge in [0.1, 0.15) is 6.54 Å². The first-order valence-electron chi connectivity index (χ1n) is 5.69. The summed E-state index contributed by atoms with van der Waals surface area (Å²) in [7, 11) is 0. The van der Waals surface area contributed by atoms with E-state index in [9.17, 15) is 14.4 Å². The van der Waals surface area contributed by atoms with Gasteiger partial charge in [0.25, 0.3) is 5.24 Å². The molecule has 0 unspecified atom stereocenters. The number of anilines is 2. The van der Waals surface area contributed by atoms with Crippen LogP contribution in [0.5, 0.6) is 0 Å². The molecule has 2 rings (SSSR count). The van der Waals surface area contributed by atoms with Gasteiger partial charge in [0.2, 0.25) is 11.8 Å². The Morgan fingerprint density at radius 1 is 1.37 bits per heavy atom. The number of hydrogen-bond donors (Lipinski definition) is 2. The van der Waals surface area contributed by atoms with Crippen LogP contribution in [0.4, 0.5) is 16.2 Å². The lowest BCUT2D eigenvalue weighted by Crippen LogP contribution is -2.43. The minimum atomic E-state index is -0.442. The van der Waals surface area contributed by atoms with E-state index in [1.165, 1.54) is 0 Å². The lowest BCUT2D eigenvalue weighted by Gasteiger charge is -2.23. The third-order valence-corrected chi connectivity index (χ3v) is 3.48. The molecule has 1 heterocycles. The number of nitrogens with one attached hydrogen (secondary N) is 1. The number of nitrogens with two attached hydrogens (primary N) is 1. The first-order valence-corrected chi connectivity index (χ1v) is 6.68. The van der Waals surface area contributed by atoms with E-state index in [2.05, 4.69) is 5.32 Å². The van der Waals surface area contributed by atoms with Gasteiger partial charge in [0.15, 0.2) is 0 Å². The molecule has 0 atom stereocenters. The minimum Gasteiger partial charge on any atom is -0.397 e. The normalized spacial score (nSPS) is 15.5. The number of hydrogen-bond acceptors (Lipinski definition) is 5. The molecule has 1 saturated heterocycles. The zero-order valence-corrected chi connectivity index (χ0v) is 10.9. The first kappa shape index (κ1) is 13.4. The zero-order chi connectivity index (χ0) is 13.8. The molecule has 0 aromatic heterocycles. The second kappa shape index (κ2) is 5.75. The van der Waals surface area contributed by atoms with Gasteiger partial charge in [-0.05, 0) is 12.1 Å². The summed E-state index contributed by atoms with van der Waals surface area (Å²) >= 11 is 1.04. The van der Waals surface area contributed by atoms with Crippen LogP contribution in [0.15, 0.2) is 24.3 Å². The second-order valence-corrected chi connectivity index (χ2v) is 5.03. The highest BCUT2D eigenvalue weighted by atomic mass is 32.2. The maximum absolute atomic E-state index is 11.8. The average molecular weight is 279 g/mol. The summed E-state index contributed by atoms with van der Waals surface area (Å²) in [5.74, 6) is -0.288. The van der Waals surface area contributed by atoms with Gasteiger partial charge in [0, 0.05) is 12.2 Å². The van der Waals surface area contributed by atoms with Gasteiger partial charge in [0.05, 0.1) is 11.4 Å². The molecule has 19 heavy (non-hydrogen) atoms. The molecule has 1 aliphatic rings. The topological polar surface area (TPSA) is 92.5 Å². The van der Waals surface area contributed by atoms with E-state index in [1.807, 2.05) is 0 Å². The molecule has 0 saturated carbocycles. The average Bonchev–Trinajstić information content (AvgIpc) is 2.37. The fraction of sp³-hybridized carbons (Fsp3) is 0.250. The molecule has 0 spiro atoms. The van der Waals surface area contributed by atoms with Crippen LogP contribution in [0.25, 0.3) is 0 Å². The number of amides is 3. The summed E-state index contributed by atoms with van der Waals surface area (Å²) in [6, 6.07) is 6.79. The van der Waals surface area contributed by atoms with Crippen LogP contribution in [0.3, 0.4) is 0 Å². The third-order valence-electron chi connectivity index (χ3n) is 2.60. The van der Waals surface area contributed by atoms with Crippen molar-refractivity contribution in [2.45, 2.75) is 6.42 Å². The Bertz CT molecular complexity index is 517. The molecule has 7 heteroatoms. The Morgan fingerprint density at radius 2 is 2.11 bits per heavy atom. The first-order chi connectivity index (χ1) is 9.08. The number of para-hydroxylation sites is 2. The van der Waals surface area contributed by atoms with Crippen LogP contribution in [-0.4, -0.2) is 34.3 Å². The summed E-state index contributed by atoms with van der Waals surface area (Å²) < 4.78 is 0. The molecule has 0 bridgehead atoms. The maximum Gasteiger partial charge on any atom is 0.288 e. The van der Waals surface area contributed by atoms with Gasteiger partial charge in [-0.1, -0.05) is 23.9 Å². The minimum absolute atomic E-state index is 0.275. The number of nitrogen functional groups attached to an aromatic ring is 1. The highest BCUT2D eigenvalue weighted by molar-refractivity contribution is 8.13. The van der Waals surface area contributed by atoms with Crippen molar-refractivity contribution in [3.63, 3.8) is 0 Å². The van der Waals surface area contributed by atoms with Gasteiger partial charge in [-0.3, -0.25) is 19.3 Å². The van der Waals surface area contributed by atoms with Crippen molar-refractivity contribution in [2.24, 2.45) is 0 Å². The fourth-order valence-corrected chi connectivity index (χ4v) is 2.41. The number of imide groups is 1. The van der Waals surface area contributed by atoms with Crippen LogP contribution in [0, 0.1) is 0 Å². The van der Waals surface area contributed by atoms with E-state index in [-0.39, 0.29) is 24.1 Å². The van der Waals surface area contributed by atoms with Gasteiger partial charge >= 0.3 is 0 Å². The van der Waals surface area contributed by atoms with Crippen LogP contribution < -0.4 is 11.1 Å². The second-order valence-electron chi connectivity index (χ2n) is 3.98. The van der Waals surface area contributed by atoms with E-state index in [1.54, 1.807) is 24.3 Å². The van der Waals surface area contributed by atoms with E-state index in [0.29, 0.717) is 17.1 Å². The van der Waals surface area contributed by atoms with Crippen LogP contribution >= 0.6 is 11.8 Å². The van der Waals surface area contributed by atoms with Crippen LogP contribution in [0.2, 0.25) is 0 Å². The van der Waals surface area contributed by atoms with Gasteiger partial charge in [-0.25, -0.2) is 0 Å². The largest absolute Gasteiger partial charge is 0.397 e. The number of benzene rings is 1. The summed E-state index contributed by atoms with van der Waals surface area (Å²) in [5.41, 5.74) is 6.59. The quantitative estimate of drug-likeness (QED) is 0.813. The Hall–Kier alpha value is -2.02. The number of nitrogens with zero attached hydrogens (tertiary/aromatic N) is 1. The van der Waals surface area contributed by atoms with Crippen molar-refractivity contribution in [1.29, 1.82) is 0 Å². The smallest absolute Gasteiger partial charge is 0.288 e. The molecule has 0 radical (unpaired) electrons. The van der Waals surface area contributed by atoms with E-state index < -0.39 is 5.91 Å². The van der Waals surface area contributed by atoms with Gasteiger partial charge in [-0.15, -0.1) is 0 Å². The van der Waals surface area contributed by atoms with Crippen molar-refractivity contribution in [1.82, 2.24) is 4.90 Å². The van der Waals surface area contributed by atoms with E-state index >= 15 is 0 Å². The number of thioether (sulfide) groups is 1. The molecule has 0 aliphatic carbocycles. The van der Waals surface area contributed by atoms with Crippen molar-refractivity contribution in [3.8, 4) is 0 Å². The summed E-state index contributed by atoms with van der Waals surface area (Å²) in [5, 5.41) is 2.20. The predicted molar refractivity (Wildman–Crippen MR) is 73.7 cm³/mol. The fourth-order valence-electron chi connectivity index (χ4n) is 1.64. The molecule has 1 aliphatic heterocycles. The molecular formula is C12H13N3O3S. The summed E-state index contributed by atoms with van der Waals surface area (Å²) in [6.07, 6.45) is 0.275. The lowest BCUT2D eigenvalue weighted by atomic mass is 10.2. The van der Waals surface area contributed by atoms with Crippen molar-refractivity contribution in [3.05, 3.63) is 24.3 Å². The standard InChI is InChI=1S/C12H13N3O3S/c13-8-3-1-2-4-9(8)14-10(16)7-15-11(17)5-6-19-12(15)18/h1-4H,5-7,13H2,(H,14,16). The molecule has 6 nitrogen and oxygen atoms in total. The van der Waals surface area contributed by atoms with Crippen molar-refractivity contribution in [2.75, 3.05) is 23.3 Å². The van der Waals surface area contributed by atoms with Crippen molar-refractivity contribution >= 4 is 40.2 Å². The highest BCUT2D eigenvalue weighted by Crippen LogP contribution is 2.19. The summed E-state index contributed by atoms with van der Waals surface area (Å²) in [4.78, 5) is 35.8. The number of carbonyl (C=O) groups excluding carboxylic acids is 3. The molecule has 1 aromatic rings. The molecule has 100 valence electrons. The number of rotatable bonds is 3. The van der Waals surface area contributed by atoms with Gasteiger partial charge in [-0.2, -0.15) is 0 Å². The predicted octanol–water partition coefficient (Wildman–Crippen LogP) is 1.29. The molecule has 1 fully saturated rings. The van der Waals surface area contributed by atoms with E-state index in [4.69, 9.17) is 5.73 Å². The van der Waals surface area contributed by atoms with Crippen LogP contribution in [-0.2, 0) is 9.59 Å². The lowest BCUT2D eigenvalue weighted by molar-refractivity contribution is -0.131. The number of carbonyl (C=O) groups is 3. The monoisotopic (exact) mass is 279 g/mol. The Morgan fingerprint density at radius 3 is 2.79 bits per heavy atom. The molecular weight excluding hydrogens is 266 g/mol. The SMILES string of the molecule is Nc1ccccc1NC(=O)CN1C(=O)CCSC1=O. The third kappa shape index (κ3) is 3.25. The van der Waals surface area contributed by atoms with E-state index in [0.717, 1.165) is 16.7 Å².